The second-order valence-electron chi connectivity index (χ2n) is 8.61. The van der Waals surface area contributed by atoms with Crippen LogP contribution in [0.4, 0.5) is 0 Å². The summed E-state index contributed by atoms with van der Waals surface area (Å²) in [6.45, 7) is 11.4. The Labute approximate surface area is 399 Å². The van der Waals surface area contributed by atoms with Crippen molar-refractivity contribution in [1.29, 1.82) is 0 Å². The van der Waals surface area contributed by atoms with E-state index in [1.165, 1.54) is 41.5 Å². The summed E-state index contributed by atoms with van der Waals surface area (Å²) in [5.74, 6) is -2.07. The van der Waals surface area contributed by atoms with Gasteiger partial charge in [0.1, 0.15) is 52.5 Å². The minimum Gasteiger partial charge on any atom is -0.463 e. The zero-order valence-corrected chi connectivity index (χ0v) is 33.6. The molecule has 20 heteroatoms. The minimum absolute atomic E-state index is 0. The quantitative estimate of drug-likeness (QED) is 0.0273. The molecule has 0 radical (unpaired) electrons. The van der Waals surface area contributed by atoms with E-state index in [-0.39, 0.29) is 211 Å². The second kappa shape index (κ2) is 89.1. The molecule has 0 atom stereocenters. The highest BCUT2D eigenvalue weighted by Crippen LogP contribution is 1.97. The van der Waals surface area contributed by atoms with Crippen molar-refractivity contribution >= 4 is 73.0 Å². The van der Waals surface area contributed by atoms with Crippen LogP contribution in [-0.2, 0) is 85.6 Å². The van der Waals surface area contributed by atoms with E-state index in [0.29, 0.717) is 13.2 Å². The topological polar surface area (TPSA) is 213 Å². The first-order chi connectivity index (χ1) is 23.3. The SMILES string of the molecule is C.C.C.C.C.C.C.C.C.C.C.C.CC(=O)OCCOCC(COCCOC(C)=O)OCCOC(C)=O.CC(=O)OCCOCOCCOC(C)=O.COCCOC(C)=O.II. The van der Waals surface area contributed by atoms with Crippen molar-refractivity contribution in [3.05, 3.63) is 0 Å². The van der Waals surface area contributed by atoms with E-state index in [1.54, 1.807) is 7.11 Å². The lowest BCUT2D eigenvalue weighted by Gasteiger charge is -2.18. The lowest BCUT2D eigenvalue weighted by Crippen LogP contribution is -2.29. The van der Waals surface area contributed by atoms with Gasteiger partial charge in [-0.1, -0.05) is 89.1 Å². The first-order valence-corrected chi connectivity index (χ1v) is 21.0. The monoisotopic (exact) mass is 1130 g/mol. The Balaban J connectivity index is -0.0000000346. The van der Waals surface area contributed by atoms with Crippen LogP contribution in [0, 0.1) is 0 Å². The van der Waals surface area contributed by atoms with Crippen LogP contribution in [0.1, 0.15) is 131 Å². The van der Waals surface area contributed by atoms with Crippen molar-refractivity contribution in [3.8, 4) is 0 Å². The molecule has 0 saturated carbocycles. The Hall–Kier alpha value is -1.96. The number of carbonyl (C=O) groups is 6. The third-order valence-electron chi connectivity index (χ3n) is 4.24. The molecule has 0 heterocycles. The Morgan fingerprint density at radius 3 is 0.787 bits per heavy atom. The maximum atomic E-state index is 10.7. The first-order valence-electron chi connectivity index (χ1n) is 14.7. The molecule has 0 rings (SSSR count). The summed E-state index contributed by atoms with van der Waals surface area (Å²) in [7, 11) is 1.56. The van der Waals surface area contributed by atoms with Gasteiger partial charge in [0.05, 0.1) is 52.9 Å². The van der Waals surface area contributed by atoms with Crippen molar-refractivity contribution in [2.75, 3.05) is 106 Å². The number of hydrogen-bond acceptors (Lipinski definition) is 18. The molecule has 0 aromatic carbocycles. The average Bonchev–Trinajstić information content (AvgIpc) is 3.02. The molecule has 61 heavy (non-hydrogen) atoms. The third-order valence-corrected chi connectivity index (χ3v) is 4.24. The van der Waals surface area contributed by atoms with Crippen molar-refractivity contribution in [2.45, 2.75) is 137 Å². The molecule has 0 saturated heterocycles. The molecule has 0 amide bonds. The third kappa shape index (κ3) is 126. The van der Waals surface area contributed by atoms with Crippen molar-refractivity contribution < 1.29 is 85.6 Å². The van der Waals surface area contributed by atoms with Gasteiger partial charge in [0.15, 0.2) is 0 Å². The maximum absolute atomic E-state index is 10.7. The molecule has 0 aliphatic heterocycles. The molecule has 0 fully saturated rings. The normalized spacial score (nSPS) is 7.77. The van der Waals surface area contributed by atoms with Gasteiger partial charge in [-0.3, -0.25) is 28.8 Å². The maximum Gasteiger partial charge on any atom is 0.302 e. The van der Waals surface area contributed by atoms with E-state index in [0.717, 1.165) is 0 Å². The summed E-state index contributed by atoms with van der Waals surface area (Å²) in [5, 5.41) is 0. The van der Waals surface area contributed by atoms with Gasteiger partial charge < -0.3 is 56.8 Å². The fraction of sp³-hybridized carbons (Fsp3) is 0.854. The number of methoxy groups -OCH3 is 1. The molecule has 386 valence electrons. The van der Waals surface area contributed by atoms with Gasteiger partial charge in [-0.25, -0.2) is 0 Å². The number of rotatable bonds is 25. The van der Waals surface area contributed by atoms with Gasteiger partial charge in [0, 0.05) is 85.9 Å². The van der Waals surface area contributed by atoms with Gasteiger partial charge in [-0.2, -0.15) is 0 Å². The highest BCUT2D eigenvalue weighted by atomic mass is 128. The van der Waals surface area contributed by atoms with Crippen LogP contribution in [0.5, 0.6) is 0 Å². The van der Waals surface area contributed by atoms with Gasteiger partial charge in [0.2, 0.25) is 0 Å². The summed E-state index contributed by atoms with van der Waals surface area (Å²) < 4.78 is 58.7. The van der Waals surface area contributed by atoms with E-state index in [2.05, 4.69) is 56.2 Å². The van der Waals surface area contributed by atoms with Crippen LogP contribution in [-0.4, -0.2) is 148 Å². The molecule has 0 aromatic rings. The van der Waals surface area contributed by atoms with Gasteiger partial charge in [-0.05, 0) is 0 Å². The Bertz CT molecular complexity index is 795. The number of ether oxygens (including phenoxy) is 12. The van der Waals surface area contributed by atoms with Gasteiger partial charge in [-0.15, -0.1) is 0 Å². The number of hydrogen-bond donors (Lipinski definition) is 0. The molecule has 0 unspecified atom stereocenters. The molecule has 0 N–H and O–H groups in total. The average molecular weight is 1140 g/mol. The fourth-order valence-electron chi connectivity index (χ4n) is 2.40. The number of carbonyl (C=O) groups excluding carboxylic acids is 6. The molecular weight excluding hydrogens is 1030 g/mol. The van der Waals surface area contributed by atoms with Crippen molar-refractivity contribution in [2.24, 2.45) is 0 Å². The number of halogens is 2. The minimum atomic E-state index is -0.393. The molecule has 0 spiro atoms. The summed E-state index contributed by atoms with van der Waals surface area (Å²) in [6, 6.07) is 0. The fourth-order valence-corrected chi connectivity index (χ4v) is 2.40. The van der Waals surface area contributed by atoms with Crippen LogP contribution in [0.25, 0.3) is 0 Å². The highest BCUT2D eigenvalue weighted by Gasteiger charge is 2.11. The summed E-state index contributed by atoms with van der Waals surface area (Å²) in [4.78, 5) is 62.6. The van der Waals surface area contributed by atoms with Crippen LogP contribution in [0.2, 0.25) is 0 Å². The van der Waals surface area contributed by atoms with E-state index < -0.39 is 6.10 Å². The predicted octanol–water partition coefficient (Wildman–Crippen LogP) is 9.80. The zero-order chi connectivity index (χ0) is 38.1. The smallest absolute Gasteiger partial charge is 0.302 e. The Morgan fingerprint density at radius 2 is 0.557 bits per heavy atom. The summed E-state index contributed by atoms with van der Waals surface area (Å²) >= 11 is 4.24. The second-order valence-corrected chi connectivity index (χ2v) is 8.61. The van der Waals surface area contributed by atoms with Crippen LogP contribution >= 0.6 is 37.2 Å². The predicted molar refractivity (Wildman–Crippen MR) is 269 cm³/mol. The molecule has 0 aliphatic carbocycles. The molecule has 0 aliphatic rings. The summed E-state index contributed by atoms with van der Waals surface area (Å²) in [5.41, 5.74) is 0. The van der Waals surface area contributed by atoms with Crippen molar-refractivity contribution in [1.82, 2.24) is 0 Å². The molecule has 0 bridgehead atoms. The van der Waals surface area contributed by atoms with E-state index in [4.69, 9.17) is 37.9 Å². The molecule has 18 nitrogen and oxygen atoms in total. The van der Waals surface area contributed by atoms with Crippen LogP contribution in [0.3, 0.4) is 0 Å². The zero-order valence-electron chi connectivity index (χ0n) is 29.3. The Kier molecular flexibility index (Phi) is 157. The van der Waals surface area contributed by atoms with Gasteiger partial charge >= 0.3 is 35.8 Å². The van der Waals surface area contributed by atoms with E-state index in [9.17, 15) is 28.8 Å². The highest BCUT2D eigenvalue weighted by molar-refractivity contribution is 15.0. The molecular formula is C41H100I2O18. The lowest BCUT2D eigenvalue weighted by atomic mass is 10.4. The lowest BCUT2D eigenvalue weighted by molar-refractivity contribution is -0.147. The van der Waals surface area contributed by atoms with Crippen molar-refractivity contribution in [3.63, 3.8) is 0 Å². The first kappa shape index (κ1) is 107. The number of esters is 6. The van der Waals surface area contributed by atoms with E-state index >= 15 is 0 Å². The van der Waals surface area contributed by atoms with E-state index in [1.807, 2.05) is 0 Å². The van der Waals surface area contributed by atoms with Crippen LogP contribution in [0.15, 0.2) is 0 Å². The standard InChI is InChI=1S/C15H26O9.C9H16O6.C5H10O3.12CH4.I2/c1-12(16)21-6-4-19-10-15(24-9-8-23-14(3)18)11-20-5-7-22-13(2)17;1-8(10)14-5-3-12-7-13-4-6-15-9(2)11;1-5(6)8-4-3-7-2;;;;;;;;;;;;;1-2/h15H,4-11H2,1-3H3;3-7H2,1-2H3;3-4H2,1-2H3;12*1H4;. The van der Waals surface area contributed by atoms with Gasteiger partial charge in [0.25, 0.3) is 0 Å². The van der Waals surface area contributed by atoms with Crippen LogP contribution < -0.4 is 0 Å². The molecule has 0 aromatic heterocycles. The summed E-state index contributed by atoms with van der Waals surface area (Å²) in [6.07, 6.45) is -0.393. The largest absolute Gasteiger partial charge is 0.463 e. The Morgan fingerprint density at radius 1 is 0.344 bits per heavy atom.